The van der Waals surface area contributed by atoms with Crippen LogP contribution in [-0.2, 0) is 19.7 Å². The van der Waals surface area contributed by atoms with Crippen LogP contribution in [0.5, 0.6) is 0 Å². The van der Waals surface area contributed by atoms with Crippen LogP contribution >= 0.6 is 0 Å². The summed E-state index contributed by atoms with van der Waals surface area (Å²) < 4.78 is 51.0. The van der Waals surface area contributed by atoms with Crippen molar-refractivity contribution in [3.63, 3.8) is 0 Å². The highest BCUT2D eigenvalue weighted by Gasteiger charge is 2.18. The maximum atomic E-state index is 12.8. The summed E-state index contributed by atoms with van der Waals surface area (Å²) >= 11 is 0. The highest BCUT2D eigenvalue weighted by atomic mass is 32.2. The van der Waals surface area contributed by atoms with E-state index in [2.05, 4.69) is 10.3 Å². The number of hydrogen-bond acceptors (Lipinski definition) is 6. The van der Waals surface area contributed by atoms with Crippen molar-refractivity contribution < 1.29 is 16.8 Å². The molecule has 4 aromatic carbocycles. The molecule has 0 aliphatic rings. The molecule has 37 heavy (non-hydrogen) atoms. The molecule has 0 saturated carbocycles. The summed E-state index contributed by atoms with van der Waals surface area (Å²) in [5.74, 6) is 0. The Hall–Kier alpha value is -4.01. The molecule has 0 amide bonds. The van der Waals surface area contributed by atoms with Crippen molar-refractivity contribution in [1.29, 1.82) is 0 Å². The second kappa shape index (κ2) is 10.9. The number of sulfone groups is 2. The van der Waals surface area contributed by atoms with E-state index in [1.165, 1.54) is 12.1 Å². The van der Waals surface area contributed by atoms with Gasteiger partial charge in [-0.25, -0.2) is 16.8 Å². The first-order valence-electron chi connectivity index (χ1n) is 11.5. The molecular weight excluding hydrogens is 504 g/mol. The predicted molar refractivity (Wildman–Crippen MR) is 147 cm³/mol. The van der Waals surface area contributed by atoms with E-state index in [0.717, 1.165) is 16.8 Å². The van der Waals surface area contributed by atoms with Gasteiger partial charge >= 0.3 is 0 Å². The van der Waals surface area contributed by atoms with Crippen LogP contribution in [-0.4, -0.2) is 23.1 Å². The minimum absolute atomic E-state index is 0.209. The summed E-state index contributed by atoms with van der Waals surface area (Å²) in [6.07, 6.45) is 4.93. The molecule has 0 atom stereocenters. The Labute approximate surface area is 217 Å². The van der Waals surface area contributed by atoms with Crippen molar-refractivity contribution in [2.45, 2.75) is 33.4 Å². The van der Waals surface area contributed by atoms with Gasteiger partial charge in [-0.2, -0.15) is 0 Å². The van der Waals surface area contributed by atoms with Crippen LogP contribution in [0.25, 0.3) is 0 Å². The van der Waals surface area contributed by atoms with E-state index in [1.54, 1.807) is 103 Å². The van der Waals surface area contributed by atoms with Gasteiger partial charge in [0.15, 0.2) is 0 Å². The topological polar surface area (TPSA) is 92.7 Å². The highest BCUT2D eigenvalue weighted by Crippen LogP contribution is 2.24. The molecule has 0 unspecified atom stereocenters. The predicted octanol–water partition coefficient (Wildman–Crippen LogP) is 6.30. The number of aliphatic imine (C=N–C) groups is 1. The molecule has 0 radical (unpaired) electrons. The van der Waals surface area contributed by atoms with Gasteiger partial charge < -0.3 is 5.32 Å². The number of aryl methyl sites for hydroxylation is 2. The van der Waals surface area contributed by atoms with Crippen molar-refractivity contribution in [3.8, 4) is 0 Å². The summed E-state index contributed by atoms with van der Waals surface area (Å²) in [7, 11) is -7.14. The first kappa shape index (κ1) is 26.1. The van der Waals surface area contributed by atoms with Crippen molar-refractivity contribution in [2.75, 3.05) is 5.32 Å². The number of anilines is 1. The van der Waals surface area contributed by atoms with Gasteiger partial charge in [-0.05, 0) is 92.7 Å². The van der Waals surface area contributed by atoms with E-state index in [0.29, 0.717) is 5.69 Å². The van der Waals surface area contributed by atoms with Gasteiger partial charge in [0.25, 0.3) is 0 Å². The lowest BCUT2D eigenvalue weighted by molar-refractivity contribution is 0.594. The van der Waals surface area contributed by atoms with Gasteiger partial charge in [0, 0.05) is 18.1 Å². The molecule has 0 aliphatic heterocycles. The van der Waals surface area contributed by atoms with Gasteiger partial charge in [0.2, 0.25) is 19.7 Å². The van der Waals surface area contributed by atoms with E-state index in [-0.39, 0.29) is 19.6 Å². The smallest absolute Gasteiger partial charge is 0.206 e. The molecule has 0 saturated heterocycles. The van der Waals surface area contributed by atoms with Crippen molar-refractivity contribution in [3.05, 3.63) is 120 Å². The maximum absolute atomic E-state index is 12.8. The molecule has 0 aromatic heterocycles. The van der Waals surface area contributed by atoms with Crippen molar-refractivity contribution >= 4 is 37.3 Å². The lowest BCUT2D eigenvalue weighted by Gasteiger charge is -2.06. The average Bonchev–Trinajstić information content (AvgIpc) is 2.89. The lowest BCUT2D eigenvalue weighted by atomic mass is 10.2. The summed E-state index contributed by atoms with van der Waals surface area (Å²) in [5.41, 5.74) is 3.32. The molecule has 0 heterocycles. The Morgan fingerprint density at radius 1 is 0.568 bits per heavy atom. The number of nitrogens with zero attached hydrogens (tertiary/aromatic N) is 1. The van der Waals surface area contributed by atoms with Crippen LogP contribution in [0.3, 0.4) is 0 Å². The molecule has 0 aliphatic carbocycles. The van der Waals surface area contributed by atoms with Crippen LogP contribution in [0.2, 0.25) is 0 Å². The maximum Gasteiger partial charge on any atom is 0.206 e. The van der Waals surface area contributed by atoms with Crippen LogP contribution < -0.4 is 5.32 Å². The van der Waals surface area contributed by atoms with Crippen LogP contribution in [0.15, 0.2) is 134 Å². The van der Waals surface area contributed by atoms with E-state index >= 15 is 0 Å². The minimum Gasteiger partial charge on any atom is -0.362 e. The second-order valence-corrected chi connectivity index (χ2v) is 12.3. The summed E-state index contributed by atoms with van der Waals surface area (Å²) in [6.45, 7) is 3.81. The van der Waals surface area contributed by atoms with Crippen molar-refractivity contribution in [2.24, 2.45) is 4.99 Å². The standard InChI is InChI=1S/C29H26N2O4S2/c1-22-4-12-26(13-5-22)36(32,33)28-16-8-24(9-17-28)30-20-3-21-31-25-10-18-29(19-11-25)37(34,35)27-14-6-23(2)7-15-27/h3-21,30H,1-2H3/b20-3+,31-21?. The van der Waals surface area contributed by atoms with E-state index in [4.69, 9.17) is 0 Å². The third-order valence-corrected chi connectivity index (χ3v) is 9.20. The molecule has 1 N–H and O–H groups in total. The van der Waals surface area contributed by atoms with Gasteiger partial charge in [-0.15, -0.1) is 0 Å². The molecule has 4 rings (SSSR count). The fourth-order valence-electron chi connectivity index (χ4n) is 3.47. The van der Waals surface area contributed by atoms with Crippen LogP contribution in [0, 0.1) is 13.8 Å². The number of hydrogen-bond donors (Lipinski definition) is 1. The summed E-state index contributed by atoms with van der Waals surface area (Å²) in [6, 6.07) is 26.4. The Bertz CT molecular complexity index is 1640. The van der Waals surface area contributed by atoms with E-state index in [9.17, 15) is 16.8 Å². The third kappa shape index (κ3) is 6.22. The highest BCUT2D eigenvalue weighted by molar-refractivity contribution is 7.91. The Morgan fingerprint density at radius 3 is 1.38 bits per heavy atom. The molecule has 0 fully saturated rings. The molecule has 188 valence electrons. The Balaban J connectivity index is 1.35. The normalized spacial score (nSPS) is 12.3. The lowest BCUT2D eigenvalue weighted by Crippen LogP contribution is -2.02. The molecule has 0 spiro atoms. The minimum atomic E-state index is -3.58. The summed E-state index contributed by atoms with van der Waals surface area (Å²) in [5, 5.41) is 3.06. The van der Waals surface area contributed by atoms with Gasteiger partial charge in [0.1, 0.15) is 0 Å². The number of allylic oxidation sites excluding steroid dienone is 1. The quantitative estimate of drug-likeness (QED) is 0.270. The van der Waals surface area contributed by atoms with E-state index < -0.39 is 19.7 Å². The summed E-state index contributed by atoms with van der Waals surface area (Å²) in [4.78, 5) is 5.25. The monoisotopic (exact) mass is 530 g/mol. The molecular formula is C29H26N2O4S2. The zero-order valence-corrected chi connectivity index (χ0v) is 22.0. The van der Waals surface area contributed by atoms with Gasteiger partial charge in [-0.3, -0.25) is 4.99 Å². The van der Waals surface area contributed by atoms with E-state index in [1.807, 2.05) is 13.8 Å². The van der Waals surface area contributed by atoms with Crippen molar-refractivity contribution in [1.82, 2.24) is 0 Å². The number of nitrogens with one attached hydrogen (secondary N) is 1. The molecule has 6 nitrogen and oxygen atoms in total. The van der Waals surface area contributed by atoms with Crippen LogP contribution in [0.4, 0.5) is 11.4 Å². The van der Waals surface area contributed by atoms with Crippen LogP contribution in [0.1, 0.15) is 11.1 Å². The first-order valence-corrected chi connectivity index (χ1v) is 14.4. The second-order valence-electron chi connectivity index (χ2n) is 8.43. The SMILES string of the molecule is Cc1ccc(S(=O)(=O)c2ccc(N=C/C=C/Nc3ccc(S(=O)(=O)c4ccc(C)cc4)cc3)cc2)cc1. The fraction of sp³-hybridized carbons (Fsp3) is 0.0690. The van der Waals surface area contributed by atoms with Gasteiger partial charge in [0.05, 0.1) is 25.3 Å². The zero-order valence-electron chi connectivity index (χ0n) is 20.4. The average molecular weight is 531 g/mol. The number of benzene rings is 4. The fourth-order valence-corrected chi connectivity index (χ4v) is 5.99. The molecule has 8 heteroatoms. The Morgan fingerprint density at radius 2 is 0.946 bits per heavy atom. The first-order chi connectivity index (χ1) is 17.7. The largest absolute Gasteiger partial charge is 0.362 e. The third-order valence-electron chi connectivity index (χ3n) is 5.63. The molecule has 4 aromatic rings. The Kier molecular flexibility index (Phi) is 7.71. The van der Waals surface area contributed by atoms with Gasteiger partial charge in [-0.1, -0.05) is 35.4 Å². The number of rotatable bonds is 8. The zero-order chi connectivity index (χ0) is 26.5. The molecule has 0 bridgehead atoms.